The largest absolute Gasteiger partial charge is 0.471 e. The SMILES string of the molecule is CC.CCN=S(c1ccc(S(=O)Nc2ccc(Cl)c3c(Cl)c[nH]c23)cc1)C1CCN(C(=O)C(F)(F)F)CC1. The third kappa shape index (κ3) is 6.91. The maximum atomic E-state index is 13.0. The molecular weight excluding hydrogens is 580 g/mol. The summed E-state index contributed by atoms with van der Waals surface area (Å²) in [5.41, 5.74) is 1.24. The summed E-state index contributed by atoms with van der Waals surface area (Å²) in [6.07, 6.45) is -2.36. The lowest BCUT2D eigenvalue weighted by Gasteiger charge is -2.33. The highest BCUT2D eigenvalue weighted by Gasteiger charge is 2.43. The third-order valence-electron chi connectivity index (χ3n) is 5.77. The molecule has 1 fully saturated rings. The monoisotopic (exact) mass is 608 g/mol. The molecule has 4 rings (SSSR count). The zero-order valence-electron chi connectivity index (χ0n) is 21.1. The summed E-state index contributed by atoms with van der Waals surface area (Å²) >= 11 is 12.4. The van der Waals surface area contributed by atoms with E-state index in [-0.39, 0.29) is 18.3 Å². The lowest BCUT2D eigenvalue weighted by molar-refractivity contribution is -0.186. The molecule has 38 heavy (non-hydrogen) atoms. The number of hydrogen-bond donors (Lipinski definition) is 2. The minimum Gasteiger partial charge on any atom is -0.358 e. The molecule has 0 aliphatic carbocycles. The number of fused-ring (bicyclic) bond motifs is 1. The fraction of sp³-hybridized carbons (Fsp3) is 0.400. The molecule has 2 unspecified atom stereocenters. The Bertz CT molecular complexity index is 1320. The molecule has 3 aromatic rings. The number of H-pyrrole nitrogens is 1. The minimum atomic E-state index is -4.85. The molecule has 1 aliphatic rings. The van der Waals surface area contributed by atoms with Crippen LogP contribution in [0.2, 0.25) is 10.0 Å². The highest BCUT2D eigenvalue weighted by Crippen LogP contribution is 2.35. The molecule has 6 nitrogen and oxygen atoms in total. The molecule has 0 radical (unpaired) electrons. The van der Waals surface area contributed by atoms with Crippen LogP contribution in [0.3, 0.4) is 0 Å². The molecule has 13 heteroatoms. The van der Waals surface area contributed by atoms with Crippen LogP contribution in [0.15, 0.2) is 56.7 Å². The summed E-state index contributed by atoms with van der Waals surface area (Å²) in [6, 6.07) is 10.6. The number of rotatable bonds is 6. The smallest absolute Gasteiger partial charge is 0.358 e. The molecule has 1 amide bonds. The van der Waals surface area contributed by atoms with Gasteiger partial charge in [-0.3, -0.25) is 13.9 Å². The van der Waals surface area contributed by atoms with E-state index >= 15 is 0 Å². The summed E-state index contributed by atoms with van der Waals surface area (Å²) in [5.74, 6) is -1.79. The molecule has 208 valence electrons. The maximum absolute atomic E-state index is 13.0. The molecule has 1 saturated heterocycles. The van der Waals surface area contributed by atoms with Crippen molar-refractivity contribution in [3.8, 4) is 0 Å². The van der Waals surface area contributed by atoms with Crippen molar-refractivity contribution < 1.29 is 22.2 Å². The van der Waals surface area contributed by atoms with E-state index in [1.54, 1.807) is 30.5 Å². The summed E-state index contributed by atoms with van der Waals surface area (Å²) in [6.45, 7) is 6.58. The van der Waals surface area contributed by atoms with Gasteiger partial charge in [-0.25, -0.2) is 4.21 Å². The number of nitrogens with zero attached hydrogens (tertiary/aromatic N) is 2. The van der Waals surface area contributed by atoms with Gasteiger partial charge in [-0.05, 0) is 56.2 Å². The Kier molecular flexibility index (Phi) is 10.7. The molecule has 2 N–H and O–H groups in total. The topological polar surface area (TPSA) is 77.6 Å². The first-order valence-corrected chi connectivity index (χ1v) is 15.3. The predicted octanol–water partition coefficient (Wildman–Crippen LogP) is 7.37. The zero-order chi connectivity index (χ0) is 28.0. The normalized spacial score (nSPS) is 16.2. The van der Waals surface area contributed by atoms with Crippen molar-refractivity contribution in [1.29, 1.82) is 0 Å². The first-order chi connectivity index (χ1) is 18.1. The Hall–Kier alpha value is -2.08. The summed E-state index contributed by atoms with van der Waals surface area (Å²) in [7, 11) is -2.12. The molecule has 2 atom stereocenters. The van der Waals surface area contributed by atoms with Gasteiger partial charge in [0.1, 0.15) is 11.0 Å². The van der Waals surface area contributed by atoms with Gasteiger partial charge in [0, 0.05) is 41.4 Å². The number of anilines is 1. The van der Waals surface area contributed by atoms with Gasteiger partial charge < -0.3 is 9.88 Å². The number of aromatic nitrogens is 1. The Morgan fingerprint density at radius 3 is 2.26 bits per heavy atom. The number of piperidine rings is 1. The molecule has 1 aromatic heterocycles. The van der Waals surface area contributed by atoms with E-state index in [0.29, 0.717) is 50.9 Å². The Balaban J connectivity index is 0.00000195. The molecule has 0 saturated carbocycles. The van der Waals surface area contributed by atoms with E-state index in [9.17, 15) is 22.2 Å². The van der Waals surface area contributed by atoms with E-state index in [1.165, 1.54) is 0 Å². The van der Waals surface area contributed by atoms with Gasteiger partial charge in [-0.1, -0.05) is 47.7 Å². The zero-order valence-corrected chi connectivity index (χ0v) is 24.2. The van der Waals surface area contributed by atoms with Gasteiger partial charge in [0.25, 0.3) is 0 Å². The number of hydrogen-bond acceptors (Lipinski definition) is 3. The number of amides is 1. The van der Waals surface area contributed by atoms with Crippen molar-refractivity contribution in [2.24, 2.45) is 4.36 Å². The Morgan fingerprint density at radius 1 is 1.08 bits per heavy atom. The number of alkyl halides is 3. The number of halogens is 5. The first-order valence-electron chi connectivity index (χ1n) is 12.1. The second-order valence-corrected chi connectivity index (χ2v) is 12.1. The molecule has 0 bridgehead atoms. The second kappa shape index (κ2) is 13.3. The fourth-order valence-electron chi connectivity index (χ4n) is 4.09. The van der Waals surface area contributed by atoms with Crippen molar-refractivity contribution in [3.05, 3.63) is 52.6 Å². The van der Waals surface area contributed by atoms with E-state index < -0.39 is 33.8 Å². The van der Waals surface area contributed by atoms with Crippen LogP contribution in [-0.4, -0.2) is 51.1 Å². The highest BCUT2D eigenvalue weighted by atomic mass is 35.5. The molecule has 1 aliphatic heterocycles. The van der Waals surface area contributed by atoms with Gasteiger partial charge >= 0.3 is 12.1 Å². The minimum absolute atomic E-state index is 0.0386. The second-order valence-electron chi connectivity index (χ2n) is 8.07. The van der Waals surface area contributed by atoms with E-state index in [4.69, 9.17) is 27.6 Å². The van der Waals surface area contributed by atoms with Gasteiger partial charge in [-0.2, -0.15) is 13.2 Å². The number of aromatic amines is 1. The average Bonchev–Trinajstić information content (AvgIpc) is 3.32. The number of likely N-dealkylation sites (tertiary alicyclic amines) is 1. The van der Waals surface area contributed by atoms with Crippen LogP contribution in [0.1, 0.15) is 33.6 Å². The van der Waals surface area contributed by atoms with Gasteiger partial charge in [0.15, 0.2) is 0 Å². The lowest BCUT2D eigenvalue weighted by atomic mass is 10.1. The molecule has 2 heterocycles. The molecular formula is C25H29Cl2F3N4O2S2. The van der Waals surface area contributed by atoms with E-state index in [0.717, 1.165) is 9.80 Å². The fourth-order valence-corrected chi connectivity index (χ4v) is 7.61. The number of nitrogens with one attached hydrogen (secondary N) is 2. The van der Waals surface area contributed by atoms with Crippen LogP contribution in [0.25, 0.3) is 10.9 Å². The average molecular weight is 610 g/mol. The van der Waals surface area contributed by atoms with Crippen LogP contribution in [0.5, 0.6) is 0 Å². The van der Waals surface area contributed by atoms with Crippen molar-refractivity contribution >= 4 is 67.4 Å². The molecule has 0 spiro atoms. The van der Waals surface area contributed by atoms with E-state index in [2.05, 4.69) is 9.71 Å². The first kappa shape index (κ1) is 30.5. The summed E-state index contributed by atoms with van der Waals surface area (Å²) in [4.78, 5) is 16.9. The van der Waals surface area contributed by atoms with Crippen LogP contribution in [0.4, 0.5) is 18.9 Å². The van der Waals surface area contributed by atoms with Gasteiger partial charge in [0.2, 0.25) is 0 Å². The molecule has 2 aromatic carbocycles. The predicted molar refractivity (Wildman–Crippen MR) is 150 cm³/mol. The van der Waals surface area contributed by atoms with Crippen LogP contribution < -0.4 is 4.72 Å². The Labute approximate surface area is 235 Å². The standard InChI is InChI=1S/C23H23Cl2F3N4O2S2.C2H6/c1-2-30-35(15-9-11-32(12-10-15)22(33)23(26,27)28)14-3-5-16(6-4-14)36(34)31-19-8-7-17(24)20-18(25)13-29-21(19)20;1-2/h3-8,13,15,29,31H,2,9-12H2,1H3;1-2H3. The Morgan fingerprint density at radius 2 is 1.68 bits per heavy atom. The lowest BCUT2D eigenvalue weighted by Crippen LogP contribution is -2.46. The van der Waals surface area contributed by atoms with Crippen LogP contribution in [-0.2, 0) is 26.5 Å². The number of benzene rings is 2. The summed E-state index contributed by atoms with van der Waals surface area (Å²) < 4.78 is 59.0. The van der Waals surface area contributed by atoms with Crippen LogP contribution in [0, 0.1) is 0 Å². The number of carbonyl (C=O) groups excluding carboxylic acids is 1. The third-order valence-corrected chi connectivity index (χ3v) is 9.89. The van der Waals surface area contributed by atoms with Gasteiger partial charge in [0.05, 0.1) is 26.1 Å². The number of carbonyl (C=O) groups is 1. The van der Waals surface area contributed by atoms with Crippen molar-refractivity contribution in [1.82, 2.24) is 9.88 Å². The van der Waals surface area contributed by atoms with Crippen molar-refractivity contribution in [2.45, 2.75) is 54.8 Å². The van der Waals surface area contributed by atoms with E-state index in [1.807, 2.05) is 32.9 Å². The van der Waals surface area contributed by atoms with Crippen LogP contribution >= 0.6 is 23.2 Å². The van der Waals surface area contributed by atoms with Gasteiger partial charge in [-0.15, -0.1) is 0 Å². The van der Waals surface area contributed by atoms with Crippen molar-refractivity contribution in [3.63, 3.8) is 0 Å². The maximum Gasteiger partial charge on any atom is 0.471 e. The van der Waals surface area contributed by atoms with Crippen molar-refractivity contribution in [2.75, 3.05) is 24.4 Å². The highest BCUT2D eigenvalue weighted by molar-refractivity contribution is 7.88. The summed E-state index contributed by atoms with van der Waals surface area (Å²) in [5, 5.41) is 1.63. The quantitative estimate of drug-likeness (QED) is 0.306.